The molecule has 4 aromatic carbocycles. The second-order valence-electron chi connectivity index (χ2n) is 13.7. The molecule has 0 radical (unpaired) electrons. The number of phenols is 1. The molecule has 13 N–H and O–H groups in total. The van der Waals surface area contributed by atoms with Gasteiger partial charge in [-0.25, -0.2) is 4.79 Å². The number of aromatic hydroxyl groups is 1. The number of hydrogen-bond donors (Lipinski definition) is 11. The first kappa shape index (κ1) is 45.7. The number of carbonyl (C=O) groups is 4. The normalized spacial score (nSPS) is 12.1. The predicted octanol–water partition coefficient (Wildman–Crippen LogP) is 1.13. The number of nitrogens with one attached hydrogen (secondary N) is 8. The van der Waals surface area contributed by atoms with Crippen molar-refractivity contribution in [3.8, 4) is 5.75 Å². The Hall–Kier alpha value is -6.95. The minimum absolute atomic E-state index is 0.0946. The fraction of sp³-hybridized carbons (Fsp3) is 0.357. The Morgan fingerprint density at radius 1 is 0.717 bits per heavy atom. The van der Waals surface area contributed by atoms with Crippen LogP contribution in [-0.2, 0) is 20.9 Å². The Morgan fingerprint density at radius 2 is 1.35 bits per heavy atom. The average molecular weight is 826 g/mol. The van der Waals surface area contributed by atoms with Gasteiger partial charge in [0.1, 0.15) is 23.2 Å². The van der Waals surface area contributed by atoms with E-state index in [1.807, 2.05) is 54.6 Å². The van der Waals surface area contributed by atoms with Crippen molar-refractivity contribution >= 4 is 46.8 Å². The van der Waals surface area contributed by atoms with Crippen molar-refractivity contribution in [3.63, 3.8) is 0 Å². The Bertz CT molecular complexity index is 2100. The van der Waals surface area contributed by atoms with Crippen molar-refractivity contribution in [2.45, 2.75) is 51.1 Å². The number of rotatable bonds is 24. The third-order valence-corrected chi connectivity index (χ3v) is 9.24. The van der Waals surface area contributed by atoms with E-state index in [2.05, 4.69) is 47.5 Å². The van der Waals surface area contributed by atoms with Gasteiger partial charge in [-0.15, -0.1) is 0 Å². The van der Waals surface area contributed by atoms with Crippen molar-refractivity contribution in [3.05, 3.63) is 116 Å². The Kier molecular flexibility index (Phi) is 18.4. The lowest BCUT2D eigenvalue weighted by atomic mass is 9.90. The smallest absolute Gasteiger partial charge is 0.321 e. The van der Waals surface area contributed by atoms with Gasteiger partial charge >= 0.3 is 6.03 Å². The summed E-state index contributed by atoms with van der Waals surface area (Å²) in [7, 11) is 0. The number of nitrogens with zero attached hydrogens (tertiary/aromatic N) is 1. The highest BCUT2D eigenvalue weighted by atomic mass is 16.3. The maximum absolute atomic E-state index is 14.2. The molecule has 4 rings (SSSR count). The highest BCUT2D eigenvalue weighted by Crippen LogP contribution is 2.27. The van der Waals surface area contributed by atoms with Gasteiger partial charge in [0.05, 0.1) is 5.92 Å². The quantitative estimate of drug-likeness (QED) is 0.0205. The zero-order chi connectivity index (χ0) is 43.3. The number of hydrogen-bond acceptors (Lipinski definition) is 12. The largest absolute Gasteiger partial charge is 0.508 e. The Morgan fingerprint density at radius 3 is 2.02 bits per heavy atom. The van der Waals surface area contributed by atoms with E-state index in [9.17, 15) is 33.9 Å². The Balaban J connectivity index is 1.38. The highest BCUT2D eigenvalue weighted by molar-refractivity contribution is 5.95. The van der Waals surface area contributed by atoms with Gasteiger partial charge in [-0.2, -0.15) is 0 Å². The van der Waals surface area contributed by atoms with Gasteiger partial charge in [0.15, 0.2) is 5.96 Å². The van der Waals surface area contributed by atoms with E-state index in [1.54, 1.807) is 19.1 Å². The van der Waals surface area contributed by atoms with Crippen molar-refractivity contribution < 1.29 is 24.3 Å². The van der Waals surface area contributed by atoms with Gasteiger partial charge in [-0.3, -0.25) is 34.3 Å². The van der Waals surface area contributed by atoms with Crippen LogP contribution in [0.15, 0.2) is 93.4 Å². The van der Waals surface area contributed by atoms with Crippen molar-refractivity contribution in [2.75, 3.05) is 61.8 Å². The summed E-state index contributed by atoms with van der Waals surface area (Å²) in [5.74, 6) is -1.75. The number of guanidine groups is 1. The molecule has 60 heavy (non-hydrogen) atoms. The fourth-order valence-corrected chi connectivity index (χ4v) is 6.04. The molecule has 2 atom stereocenters. The average Bonchev–Trinajstić information content (AvgIpc) is 3.25. The number of aliphatic imine (C=N–C) groups is 1. The van der Waals surface area contributed by atoms with Gasteiger partial charge in [0.2, 0.25) is 17.7 Å². The zero-order valence-corrected chi connectivity index (χ0v) is 33.6. The van der Waals surface area contributed by atoms with Crippen molar-refractivity contribution in [1.29, 1.82) is 0 Å². The van der Waals surface area contributed by atoms with Gasteiger partial charge in [-0.1, -0.05) is 61.5 Å². The number of nitrogens with two attached hydrogens (primary N) is 2. The standard InChI is InChI=1S/C42H55N11O7/c1-2-33(55)46-24-25-50-42(60)53-41(44)49-20-6-10-32(39(58)51-26-27-11-17-31(54)18-12-27)52-40(59)34(28-8-4-3-5-9-28)29-13-15-30(16-14-29)45-21-7-22-47-35-36(48-23-19-43)38(57)37(35)56/h3-5,8-9,11-18,32,34,45,47-48,54H,2,6-7,10,19-26,43H2,1H3,(H,46,55)(H,51,58)(H,52,59)(H4,44,49,50,53,60)/t32-,34?/m1/s1. The van der Waals surface area contributed by atoms with Crippen LogP contribution in [0, 0.1) is 0 Å². The summed E-state index contributed by atoms with van der Waals surface area (Å²) in [5, 5.41) is 32.4. The number of anilines is 3. The summed E-state index contributed by atoms with van der Waals surface area (Å²) in [6, 6.07) is 21.5. The minimum Gasteiger partial charge on any atom is -0.508 e. The maximum atomic E-state index is 14.2. The second-order valence-corrected chi connectivity index (χ2v) is 13.7. The van der Waals surface area contributed by atoms with E-state index in [-0.39, 0.29) is 61.6 Å². The minimum atomic E-state index is -0.960. The van der Waals surface area contributed by atoms with Crippen LogP contribution in [0.25, 0.3) is 0 Å². The number of phenolic OH excluding ortho intramolecular Hbond substituents is 1. The topological polar surface area (TPSA) is 283 Å². The van der Waals surface area contributed by atoms with Crippen LogP contribution in [0.2, 0.25) is 0 Å². The van der Waals surface area contributed by atoms with Crippen LogP contribution in [0.3, 0.4) is 0 Å². The molecule has 18 heteroatoms. The lowest BCUT2D eigenvalue weighted by molar-refractivity contribution is -0.129. The first-order valence-electron chi connectivity index (χ1n) is 19.9. The molecule has 0 aliphatic rings. The van der Waals surface area contributed by atoms with Crippen molar-refractivity contribution in [2.24, 2.45) is 16.5 Å². The summed E-state index contributed by atoms with van der Waals surface area (Å²) in [5.41, 5.74) is 13.8. The van der Waals surface area contributed by atoms with E-state index >= 15 is 0 Å². The molecule has 1 unspecified atom stereocenters. The van der Waals surface area contributed by atoms with Gasteiger partial charge in [0, 0.05) is 64.5 Å². The third-order valence-electron chi connectivity index (χ3n) is 9.24. The van der Waals surface area contributed by atoms with Gasteiger partial charge in [-0.05, 0) is 60.2 Å². The molecule has 0 aromatic heterocycles. The van der Waals surface area contributed by atoms with Crippen LogP contribution in [0.1, 0.15) is 55.2 Å². The maximum Gasteiger partial charge on any atom is 0.321 e. The molecular weight excluding hydrogens is 771 g/mol. The van der Waals surface area contributed by atoms with Gasteiger partial charge in [0.25, 0.3) is 10.9 Å². The van der Waals surface area contributed by atoms with E-state index in [0.717, 1.165) is 16.8 Å². The number of amides is 5. The van der Waals surface area contributed by atoms with Crippen LogP contribution in [0.5, 0.6) is 5.75 Å². The Labute approximate surface area is 348 Å². The number of benzene rings is 3. The molecule has 0 aliphatic heterocycles. The monoisotopic (exact) mass is 825 g/mol. The molecule has 0 spiro atoms. The molecule has 4 aromatic rings. The number of urea groups is 1. The summed E-state index contributed by atoms with van der Waals surface area (Å²) >= 11 is 0. The first-order chi connectivity index (χ1) is 29.0. The summed E-state index contributed by atoms with van der Waals surface area (Å²) in [4.78, 5) is 79.3. The van der Waals surface area contributed by atoms with Crippen LogP contribution < -0.4 is 64.9 Å². The van der Waals surface area contributed by atoms with Crippen molar-refractivity contribution in [1.82, 2.24) is 26.6 Å². The summed E-state index contributed by atoms with van der Waals surface area (Å²) in [6.45, 7) is 4.23. The van der Waals surface area contributed by atoms with Crippen LogP contribution in [-0.4, -0.2) is 86.7 Å². The summed E-state index contributed by atoms with van der Waals surface area (Å²) < 4.78 is 0. The molecule has 0 saturated carbocycles. The molecule has 0 bridgehead atoms. The van der Waals surface area contributed by atoms with E-state index in [1.165, 1.54) is 12.1 Å². The molecule has 0 fully saturated rings. The fourth-order valence-electron chi connectivity index (χ4n) is 6.04. The first-order valence-corrected chi connectivity index (χ1v) is 19.9. The highest BCUT2D eigenvalue weighted by Gasteiger charge is 2.28. The second kappa shape index (κ2) is 24.1. The number of carbonyl (C=O) groups excluding carboxylic acids is 4. The lowest BCUT2D eigenvalue weighted by Gasteiger charge is -2.23. The van der Waals surface area contributed by atoms with E-state index in [4.69, 9.17) is 11.5 Å². The molecule has 320 valence electrons. The van der Waals surface area contributed by atoms with E-state index in [0.29, 0.717) is 51.0 Å². The predicted molar refractivity (Wildman–Crippen MR) is 233 cm³/mol. The third kappa shape index (κ3) is 14.5. The SMILES string of the molecule is CCC(=O)NCCNC(=O)NC(N)=NCCC[C@@H](NC(=O)C(c1ccccc1)c1ccc(NCCCNc2c(NCCN)c(=O)c2=O)cc1)C(=O)NCc1ccc(O)cc1. The molecular formula is C42H55N11O7. The molecule has 0 aliphatic carbocycles. The molecule has 18 nitrogen and oxygen atoms in total. The molecule has 0 saturated heterocycles. The summed E-state index contributed by atoms with van der Waals surface area (Å²) in [6.07, 6.45) is 1.51. The lowest BCUT2D eigenvalue weighted by Crippen LogP contribution is -2.48. The van der Waals surface area contributed by atoms with Gasteiger partial charge < -0.3 is 53.8 Å². The van der Waals surface area contributed by atoms with Crippen LogP contribution in [0.4, 0.5) is 21.9 Å². The van der Waals surface area contributed by atoms with Crippen LogP contribution >= 0.6 is 0 Å². The molecule has 0 heterocycles. The van der Waals surface area contributed by atoms with E-state index < -0.39 is 40.7 Å². The molecule has 5 amide bonds. The zero-order valence-electron chi connectivity index (χ0n) is 33.6.